The number of carbonyl (C=O) groups excluding carboxylic acids is 2. The summed E-state index contributed by atoms with van der Waals surface area (Å²) in [5.41, 5.74) is 7.34. The predicted octanol–water partition coefficient (Wildman–Crippen LogP) is 10.1. The molecule has 1 aliphatic rings. The maximum atomic E-state index is 13.7. The van der Waals surface area contributed by atoms with E-state index in [-0.39, 0.29) is 29.7 Å². The third-order valence-corrected chi connectivity index (χ3v) is 14.5. The van der Waals surface area contributed by atoms with Gasteiger partial charge < -0.3 is 35.3 Å². The second-order valence-electron chi connectivity index (χ2n) is 16.2. The molecule has 332 valence electrons. The number of β-amino-alcohol motifs (C(OH)–C–C–N with tert-alkyl or cyclic N) is 1. The first-order valence-corrected chi connectivity index (χ1v) is 24.9. The van der Waals surface area contributed by atoms with Gasteiger partial charge in [-0.05, 0) is 73.2 Å². The Kier molecular flexibility index (Phi) is 23.4. The summed E-state index contributed by atoms with van der Waals surface area (Å²) in [4.78, 5) is 27.9. The largest absolute Gasteiger partial charge is 0.497 e. The van der Waals surface area contributed by atoms with Gasteiger partial charge in [0.1, 0.15) is 17.1 Å². The number of benzene rings is 3. The molecule has 1 saturated heterocycles. The number of rotatable bonds is 31. The summed E-state index contributed by atoms with van der Waals surface area (Å²) >= 11 is 0. The van der Waals surface area contributed by atoms with Gasteiger partial charge in [-0.25, -0.2) is 0 Å². The monoisotopic (exact) mass is 863 g/mol. The summed E-state index contributed by atoms with van der Waals surface area (Å²) in [6, 6.07) is 25.7. The molecule has 11 heteroatoms. The number of nitrogens with zero attached hydrogens (tertiary/aromatic N) is 1. The van der Waals surface area contributed by atoms with Crippen LogP contribution in [0.3, 0.4) is 0 Å². The van der Waals surface area contributed by atoms with Crippen molar-refractivity contribution in [3.05, 3.63) is 95.6 Å². The van der Waals surface area contributed by atoms with E-state index in [2.05, 4.69) is 24.4 Å². The molecule has 1 heterocycles. The lowest BCUT2D eigenvalue weighted by Crippen LogP contribution is -2.42. The first kappa shape index (κ1) is 49.4. The van der Waals surface area contributed by atoms with Crippen molar-refractivity contribution in [1.29, 1.82) is 0 Å². The number of hydrogen-bond acceptors (Lipinski definition) is 9. The van der Waals surface area contributed by atoms with Gasteiger partial charge in [0.05, 0.1) is 33.0 Å². The molecule has 60 heavy (non-hydrogen) atoms. The number of unbranched alkanes of at least 4 members (excludes halogenated alkanes) is 12. The zero-order valence-electron chi connectivity index (χ0n) is 36.6. The van der Waals surface area contributed by atoms with E-state index in [0.29, 0.717) is 32.4 Å². The lowest BCUT2D eigenvalue weighted by molar-refractivity contribution is -0.134. The van der Waals surface area contributed by atoms with Gasteiger partial charge in [-0.15, -0.1) is 0 Å². The smallest absolute Gasteiger partial charge is 0.223 e. The van der Waals surface area contributed by atoms with Gasteiger partial charge in [0, 0.05) is 36.9 Å². The predicted molar refractivity (Wildman–Crippen MR) is 250 cm³/mol. The van der Waals surface area contributed by atoms with E-state index >= 15 is 0 Å². The molecule has 4 N–H and O–H groups in total. The Hall–Kier alpha value is -3.22. The normalized spacial score (nSPS) is 15.8. The van der Waals surface area contributed by atoms with Gasteiger partial charge >= 0.3 is 0 Å². The van der Waals surface area contributed by atoms with Crippen LogP contribution in [0.1, 0.15) is 133 Å². The molecule has 3 atom stereocenters. The molecule has 4 rings (SSSR count). The highest BCUT2D eigenvalue weighted by atomic mass is 33.1. The van der Waals surface area contributed by atoms with Crippen molar-refractivity contribution in [3.63, 3.8) is 0 Å². The lowest BCUT2D eigenvalue weighted by atomic mass is 9.80. The third kappa shape index (κ3) is 16.6. The number of nitrogens with one attached hydrogen (secondary N) is 1. The zero-order valence-corrected chi connectivity index (χ0v) is 38.3. The van der Waals surface area contributed by atoms with Crippen LogP contribution in [0.5, 0.6) is 11.5 Å². The third-order valence-electron chi connectivity index (χ3n) is 11.5. The minimum Gasteiger partial charge on any atom is -0.497 e. The van der Waals surface area contributed by atoms with Gasteiger partial charge in [-0.3, -0.25) is 9.59 Å². The summed E-state index contributed by atoms with van der Waals surface area (Å²) in [5.74, 6) is 2.49. The van der Waals surface area contributed by atoms with Crippen LogP contribution in [-0.4, -0.2) is 85.4 Å². The fraction of sp³-hybridized carbons (Fsp3) is 0.592. The summed E-state index contributed by atoms with van der Waals surface area (Å²) < 4.78 is 18.1. The van der Waals surface area contributed by atoms with Crippen molar-refractivity contribution in [2.75, 3.05) is 46.2 Å². The summed E-state index contributed by atoms with van der Waals surface area (Å²) in [7, 11) is 6.81. The Morgan fingerprint density at radius 2 is 1.28 bits per heavy atom. The van der Waals surface area contributed by atoms with E-state index in [1.165, 1.54) is 64.2 Å². The highest BCUT2D eigenvalue weighted by Gasteiger charge is 2.41. The molecule has 0 aromatic heterocycles. The fourth-order valence-electron chi connectivity index (χ4n) is 8.03. The molecule has 2 amide bonds. The van der Waals surface area contributed by atoms with Gasteiger partial charge in [0.25, 0.3) is 0 Å². The van der Waals surface area contributed by atoms with Crippen LogP contribution in [0.2, 0.25) is 0 Å². The first-order valence-electron chi connectivity index (χ1n) is 22.5. The minimum atomic E-state index is -1.01. The number of methoxy groups -OCH3 is 2. The quantitative estimate of drug-likeness (QED) is 0.0330. The van der Waals surface area contributed by atoms with Crippen molar-refractivity contribution >= 4 is 33.4 Å². The second-order valence-corrected chi connectivity index (χ2v) is 19.1. The van der Waals surface area contributed by atoms with E-state index in [1.54, 1.807) is 35.8 Å². The molecule has 1 unspecified atom stereocenters. The minimum absolute atomic E-state index is 0.0318. The van der Waals surface area contributed by atoms with Crippen molar-refractivity contribution in [1.82, 2.24) is 10.2 Å². The molecular weight excluding hydrogens is 791 g/mol. The Morgan fingerprint density at radius 1 is 0.767 bits per heavy atom. The average Bonchev–Trinajstić information content (AvgIpc) is 3.66. The Balaban J connectivity index is 1.17. The maximum absolute atomic E-state index is 13.7. The second kappa shape index (κ2) is 28.4. The SMILES string of the molecule is COc1ccc(C(OC[C@@H]2C[C@@H](O)CN2C(=O)CCC(C)SSCCNC(=O)CCCCCCCCCCCCCCCN)(c2ccccc2)c2ccc(OC)cc2)cc1. The number of ether oxygens (including phenoxy) is 3. The molecule has 0 aliphatic carbocycles. The van der Waals surface area contributed by atoms with Crippen molar-refractivity contribution in [2.45, 2.75) is 139 Å². The van der Waals surface area contributed by atoms with Gasteiger partial charge in [0.2, 0.25) is 11.8 Å². The van der Waals surface area contributed by atoms with E-state index in [0.717, 1.165) is 66.2 Å². The number of aliphatic hydroxyl groups excluding tert-OH is 1. The van der Waals surface area contributed by atoms with Crippen LogP contribution >= 0.6 is 21.6 Å². The number of aliphatic hydroxyl groups is 1. The van der Waals surface area contributed by atoms with Crippen LogP contribution in [0.25, 0.3) is 0 Å². The number of amides is 2. The first-order chi connectivity index (χ1) is 29.3. The Bertz CT molecular complexity index is 1570. The molecule has 0 saturated carbocycles. The number of likely N-dealkylation sites (tertiary alicyclic amines) is 1. The lowest BCUT2D eigenvalue weighted by Gasteiger charge is -2.38. The van der Waals surface area contributed by atoms with Crippen molar-refractivity contribution < 1.29 is 28.9 Å². The van der Waals surface area contributed by atoms with Crippen molar-refractivity contribution in [2.24, 2.45) is 5.73 Å². The van der Waals surface area contributed by atoms with E-state index < -0.39 is 11.7 Å². The van der Waals surface area contributed by atoms with E-state index in [9.17, 15) is 14.7 Å². The average molecular weight is 864 g/mol. The molecule has 3 aromatic carbocycles. The molecule has 1 aliphatic heterocycles. The van der Waals surface area contributed by atoms with Crippen molar-refractivity contribution in [3.8, 4) is 11.5 Å². The molecule has 9 nitrogen and oxygen atoms in total. The summed E-state index contributed by atoms with van der Waals surface area (Å²) in [6.45, 7) is 4.15. The molecule has 1 fully saturated rings. The molecule has 0 radical (unpaired) electrons. The van der Waals surface area contributed by atoms with Gasteiger partial charge in [0.15, 0.2) is 0 Å². The molecular formula is C49H73N3O6S2. The number of hydrogen-bond donors (Lipinski definition) is 3. The summed E-state index contributed by atoms with van der Waals surface area (Å²) in [5, 5.41) is 14.2. The number of carbonyl (C=O) groups is 2. The maximum Gasteiger partial charge on any atom is 0.223 e. The highest BCUT2D eigenvalue weighted by Crippen LogP contribution is 2.42. The molecule has 0 spiro atoms. The highest BCUT2D eigenvalue weighted by molar-refractivity contribution is 8.76. The van der Waals surface area contributed by atoms with Crippen LogP contribution in [-0.2, 0) is 19.9 Å². The summed E-state index contributed by atoms with van der Waals surface area (Å²) in [6.07, 6.45) is 18.0. The molecule has 0 bridgehead atoms. The molecule has 3 aromatic rings. The number of nitrogens with two attached hydrogens (primary N) is 1. The van der Waals surface area contributed by atoms with E-state index in [4.69, 9.17) is 19.9 Å². The van der Waals surface area contributed by atoms with Crippen LogP contribution in [0, 0.1) is 0 Å². The van der Waals surface area contributed by atoms with Crippen LogP contribution in [0.15, 0.2) is 78.9 Å². The van der Waals surface area contributed by atoms with Crippen LogP contribution < -0.4 is 20.5 Å². The zero-order chi connectivity index (χ0) is 42.8. The topological polar surface area (TPSA) is 123 Å². The van der Waals surface area contributed by atoms with Gasteiger partial charge in [-0.1, -0.05) is 154 Å². The van der Waals surface area contributed by atoms with Crippen LogP contribution in [0.4, 0.5) is 0 Å². The fourth-order valence-corrected chi connectivity index (χ4v) is 10.3. The Morgan fingerprint density at radius 3 is 1.82 bits per heavy atom. The standard InChI is InChI=1S/C49H73N3O6S2/c1-39(60-59-35-34-51-47(54)22-18-13-11-9-7-5-4-6-8-10-12-14-19-33-50)23-32-48(55)52-37-44(53)36-43(52)38-58-49(40-20-16-15-17-21-40,41-24-28-45(56-2)29-25-41)42-26-30-46(57-3)31-27-42/h15-17,20-21,24-31,39,43-44,53H,4-14,18-19,22-23,32-38,50H2,1-3H3,(H,51,54)/t39?,43-,44+/m0/s1. The van der Waals surface area contributed by atoms with E-state index in [1.807, 2.05) is 71.6 Å². The Labute approximate surface area is 369 Å². The van der Waals surface area contributed by atoms with Gasteiger partial charge in [-0.2, -0.15) is 0 Å².